The quantitative estimate of drug-likeness (QED) is 0.535. The molecule has 2 rings (SSSR count). The van der Waals surface area contributed by atoms with E-state index in [0.717, 1.165) is 17.0 Å². The number of hydrogen-bond acceptors (Lipinski definition) is 3. The number of halogens is 1. The molecule has 21 heavy (non-hydrogen) atoms. The van der Waals surface area contributed by atoms with E-state index in [9.17, 15) is 4.79 Å². The third kappa shape index (κ3) is 5.03. The summed E-state index contributed by atoms with van der Waals surface area (Å²) in [6.07, 6.45) is 6.62. The van der Waals surface area contributed by atoms with Crippen molar-refractivity contribution in [1.82, 2.24) is 0 Å². The molecule has 2 nitrogen and oxygen atoms in total. The molecule has 0 bridgehead atoms. The summed E-state index contributed by atoms with van der Waals surface area (Å²) < 4.78 is 0. The molecular formula is C17H18ClNOS. The number of carbonyl (C=O) groups is 1. The molecule has 0 unspecified atom stereocenters. The molecule has 110 valence electrons. The molecule has 0 spiro atoms. The molecular weight excluding hydrogens is 302 g/mol. The highest BCUT2D eigenvalue weighted by atomic mass is 35.5. The molecule has 0 aliphatic heterocycles. The van der Waals surface area contributed by atoms with Gasteiger partial charge in [0.15, 0.2) is 5.78 Å². The highest BCUT2D eigenvalue weighted by molar-refractivity contribution is 7.14. The van der Waals surface area contributed by atoms with Gasteiger partial charge >= 0.3 is 0 Å². The molecule has 0 radical (unpaired) electrons. The van der Waals surface area contributed by atoms with Gasteiger partial charge < -0.3 is 5.32 Å². The van der Waals surface area contributed by atoms with Gasteiger partial charge in [-0.05, 0) is 49.2 Å². The summed E-state index contributed by atoms with van der Waals surface area (Å²) in [6, 6.07) is 11.3. The molecule has 4 heteroatoms. The van der Waals surface area contributed by atoms with Crippen molar-refractivity contribution in [3.63, 3.8) is 0 Å². The molecule has 2 aromatic rings. The zero-order valence-electron chi connectivity index (χ0n) is 11.9. The zero-order chi connectivity index (χ0) is 15.1. The number of unbranched alkanes of at least 4 members (excludes halogenated alkanes) is 1. The second-order valence-corrected chi connectivity index (χ2v) is 6.32. The monoisotopic (exact) mass is 319 g/mol. The predicted octanol–water partition coefficient (Wildman–Crippen LogP) is 5.55. The number of carbonyl (C=O) groups excluding carboxylic acids is 1. The summed E-state index contributed by atoms with van der Waals surface area (Å²) in [5.41, 5.74) is 0.901. The van der Waals surface area contributed by atoms with E-state index in [1.807, 2.05) is 24.3 Å². The van der Waals surface area contributed by atoms with Crippen LogP contribution >= 0.6 is 22.9 Å². The molecule has 1 aromatic carbocycles. The summed E-state index contributed by atoms with van der Waals surface area (Å²) in [7, 11) is 0. The zero-order valence-corrected chi connectivity index (χ0v) is 13.5. The van der Waals surface area contributed by atoms with Gasteiger partial charge in [-0.15, -0.1) is 11.3 Å². The van der Waals surface area contributed by atoms with E-state index in [-0.39, 0.29) is 5.78 Å². The first-order valence-electron chi connectivity index (χ1n) is 7.00. The Hall–Kier alpha value is -1.58. The molecule has 1 N–H and O–H groups in total. The van der Waals surface area contributed by atoms with Crippen molar-refractivity contribution in [2.75, 3.05) is 5.32 Å². The van der Waals surface area contributed by atoms with Crippen LogP contribution in [0.25, 0.3) is 0 Å². The van der Waals surface area contributed by atoms with Gasteiger partial charge in [-0.2, -0.15) is 0 Å². The lowest BCUT2D eigenvalue weighted by atomic mass is 10.2. The Morgan fingerprint density at radius 2 is 2.00 bits per heavy atom. The van der Waals surface area contributed by atoms with Gasteiger partial charge in [-0.3, -0.25) is 4.79 Å². The normalized spacial score (nSPS) is 11.0. The van der Waals surface area contributed by atoms with E-state index in [0.29, 0.717) is 5.02 Å². The summed E-state index contributed by atoms with van der Waals surface area (Å²) >= 11 is 7.40. The van der Waals surface area contributed by atoms with E-state index in [1.165, 1.54) is 17.7 Å². The van der Waals surface area contributed by atoms with Crippen molar-refractivity contribution in [1.29, 1.82) is 0 Å². The van der Waals surface area contributed by atoms with Crippen molar-refractivity contribution in [3.05, 3.63) is 63.5 Å². The number of nitrogens with one attached hydrogen (secondary N) is 1. The maximum absolute atomic E-state index is 12.0. The summed E-state index contributed by atoms with van der Waals surface area (Å²) in [6.45, 7) is 2.17. The number of benzene rings is 1. The first-order chi connectivity index (χ1) is 10.2. The molecule has 1 heterocycles. The highest BCUT2D eigenvalue weighted by Crippen LogP contribution is 2.19. The van der Waals surface area contributed by atoms with Crippen molar-refractivity contribution in [2.45, 2.75) is 26.2 Å². The standard InChI is InChI=1S/C17H18ClNOS/c1-2-3-4-15-9-10-17(21-15)16(20)11-12-19-14-7-5-13(18)6-8-14/h5-12,19H,2-4H2,1H3/b12-11-. The Balaban J connectivity index is 1.89. The second kappa shape index (κ2) is 8.01. The van der Waals surface area contributed by atoms with Gasteiger partial charge in [0.1, 0.15) is 0 Å². The Labute approximate surface area is 134 Å². The SMILES string of the molecule is CCCCc1ccc(C(=O)/C=C\Nc2ccc(Cl)cc2)s1. The van der Waals surface area contributed by atoms with Gasteiger partial charge in [0, 0.05) is 27.9 Å². The van der Waals surface area contributed by atoms with Gasteiger partial charge in [0.05, 0.1) is 4.88 Å². The van der Waals surface area contributed by atoms with E-state index in [2.05, 4.69) is 12.2 Å². The minimum Gasteiger partial charge on any atom is -0.362 e. The van der Waals surface area contributed by atoms with Crippen LogP contribution in [0.2, 0.25) is 5.02 Å². The lowest BCUT2D eigenvalue weighted by Gasteiger charge is -1.99. The minimum absolute atomic E-state index is 0.0317. The maximum Gasteiger partial charge on any atom is 0.197 e. The molecule has 0 saturated heterocycles. The molecule has 1 aromatic heterocycles. The Kier molecular flexibility index (Phi) is 6.03. The van der Waals surface area contributed by atoms with Crippen molar-refractivity contribution < 1.29 is 4.79 Å². The minimum atomic E-state index is 0.0317. The van der Waals surface area contributed by atoms with E-state index >= 15 is 0 Å². The molecule has 0 aliphatic carbocycles. The average Bonchev–Trinajstić information content (AvgIpc) is 2.96. The van der Waals surface area contributed by atoms with Crippen molar-refractivity contribution >= 4 is 34.4 Å². The summed E-state index contributed by atoms with van der Waals surface area (Å²) in [5.74, 6) is 0.0317. The fourth-order valence-corrected chi connectivity index (χ4v) is 2.93. The van der Waals surface area contributed by atoms with Crippen LogP contribution in [0.1, 0.15) is 34.3 Å². The van der Waals surface area contributed by atoms with Gasteiger partial charge in [0.2, 0.25) is 0 Å². The summed E-state index contributed by atoms with van der Waals surface area (Å²) in [4.78, 5) is 14.1. The van der Waals surface area contributed by atoms with Crippen molar-refractivity contribution in [2.24, 2.45) is 0 Å². The maximum atomic E-state index is 12.0. The van der Waals surface area contributed by atoms with Crippen LogP contribution in [0, 0.1) is 0 Å². The van der Waals surface area contributed by atoms with E-state index in [1.54, 1.807) is 35.7 Å². The van der Waals surface area contributed by atoms with Gasteiger partial charge in [-0.1, -0.05) is 24.9 Å². The second-order valence-electron chi connectivity index (χ2n) is 4.72. The summed E-state index contributed by atoms with van der Waals surface area (Å²) in [5, 5.41) is 3.75. The molecule has 0 aliphatic rings. The van der Waals surface area contributed by atoms with Crippen LogP contribution in [-0.2, 0) is 6.42 Å². The van der Waals surface area contributed by atoms with Crippen LogP contribution in [-0.4, -0.2) is 5.78 Å². The van der Waals surface area contributed by atoms with Crippen molar-refractivity contribution in [3.8, 4) is 0 Å². The van der Waals surface area contributed by atoms with E-state index < -0.39 is 0 Å². The Bertz CT molecular complexity index is 616. The number of anilines is 1. The number of ketones is 1. The molecule has 0 saturated carbocycles. The van der Waals surface area contributed by atoms with Crippen LogP contribution < -0.4 is 5.32 Å². The van der Waals surface area contributed by atoms with Crippen LogP contribution in [0.15, 0.2) is 48.7 Å². The first kappa shape index (κ1) is 15.8. The Morgan fingerprint density at radius 1 is 1.24 bits per heavy atom. The number of thiophene rings is 1. The number of allylic oxidation sites excluding steroid dienone is 1. The Morgan fingerprint density at radius 3 is 2.71 bits per heavy atom. The van der Waals surface area contributed by atoms with Crippen LogP contribution in [0.5, 0.6) is 0 Å². The number of aryl methyl sites for hydroxylation is 1. The van der Waals surface area contributed by atoms with E-state index in [4.69, 9.17) is 11.6 Å². The molecule has 0 fully saturated rings. The fourth-order valence-electron chi connectivity index (χ4n) is 1.84. The lowest BCUT2D eigenvalue weighted by Crippen LogP contribution is -1.93. The third-order valence-electron chi connectivity index (χ3n) is 3.01. The predicted molar refractivity (Wildman–Crippen MR) is 91.5 cm³/mol. The largest absolute Gasteiger partial charge is 0.362 e. The first-order valence-corrected chi connectivity index (χ1v) is 8.20. The number of rotatable bonds is 7. The third-order valence-corrected chi connectivity index (χ3v) is 4.42. The van der Waals surface area contributed by atoms with Gasteiger partial charge in [-0.25, -0.2) is 0 Å². The fraction of sp³-hybridized carbons (Fsp3) is 0.235. The van der Waals surface area contributed by atoms with Crippen LogP contribution in [0.4, 0.5) is 5.69 Å². The molecule has 0 atom stereocenters. The van der Waals surface area contributed by atoms with Crippen LogP contribution in [0.3, 0.4) is 0 Å². The highest BCUT2D eigenvalue weighted by Gasteiger charge is 2.05. The average molecular weight is 320 g/mol. The number of hydrogen-bond donors (Lipinski definition) is 1. The smallest absolute Gasteiger partial charge is 0.197 e. The lowest BCUT2D eigenvalue weighted by molar-refractivity contribution is 0.105. The molecule has 0 amide bonds. The van der Waals surface area contributed by atoms with Gasteiger partial charge in [0.25, 0.3) is 0 Å². The topological polar surface area (TPSA) is 29.1 Å².